The Balaban J connectivity index is 1.74. The van der Waals surface area contributed by atoms with E-state index in [2.05, 4.69) is 9.97 Å². The summed E-state index contributed by atoms with van der Waals surface area (Å²) in [7, 11) is 0. The molecule has 0 bridgehead atoms. The molecule has 0 radical (unpaired) electrons. The van der Waals surface area contributed by atoms with Crippen molar-refractivity contribution >= 4 is 11.6 Å². The van der Waals surface area contributed by atoms with E-state index < -0.39 is 0 Å². The maximum absolute atomic E-state index is 12.6. The summed E-state index contributed by atoms with van der Waals surface area (Å²) in [6, 6.07) is 8.14. The summed E-state index contributed by atoms with van der Waals surface area (Å²) in [6.45, 7) is 4.42. The summed E-state index contributed by atoms with van der Waals surface area (Å²) in [5.74, 6) is -0.0585. The minimum Gasteiger partial charge on any atom is -0.378 e. The molecule has 1 saturated heterocycles. The molecule has 0 N–H and O–H groups in total. The van der Waals surface area contributed by atoms with Crippen molar-refractivity contribution in [3.63, 3.8) is 0 Å². The monoisotopic (exact) mass is 322 g/mol. The van der Waals surface area contributed by atoms with Gasteiger partial charge in [0.15, 0.2) is 5.65 Å². The Bertz CT molecular complexity index is 880. The van der Waals surface area contributed by atoms with Crippen molar-refractivity contribution < 1.29 is 9.53 Å². The standard InChI is InChI=1S/C18H18N4O2/c1-13-2-4-14(5-3-13)16-17-20-15(12-22(17)7-6-19-16)18(23)21-8-10-24-11-9-21/h2-7,12H,8-11H2,1H3. The molecule has 0 saturated carbocycles. The fourth-order valence-corrected chi connectivity index (χ4v) is 2.87. The van der Waals surface area contributed by atoms with Crippen LogP contribution in [0.2, 0.25) is 0 Å². The van der Waals surface area contributed by atoms with Gasteiger partial charge < -0.3 is 14.0 Å². The molecule has 0 spiro atoms. The molecule has 2 aromatic heterocycles. The average Bonchev–Trinajstić information content (AvgIpc) is 3.07. The highest BCUT2D eigenvalue weighted by Crippen LogP contribution is 2.22. The van der Waals surface area contributed by atoms with Crippen LogP contribution in [0, 0.1) is 6.92 Å². The fraction of sp³-hybridized carbons (Fsp3) is 0.278. The highest BCUT2D eigenvalue weighted by molar-refractivity contribution is 5.93. The molecular weight excluding hydrogens is 304 g/mol. The number of ether oxygens (including phenoxy) is 1. The second-order valence-electron chi connectivity index (χ2n) is 5.90. The molecule has 4 rings (SSSR count). The fourth-order valence-electron chi connectivity index (χ4n) is 2.87. The zero-order chi connectivity index (χ0) is 16.5. The first-order valence-corrected chi connectivity index (χ1v) is 8.00. The maximum Gasteiger partial charge on any atom is 0.274 e. The van der Waals surface area contributed by atoms with Gasteiger partial charge in [-0.25, -0.2) is 4.98 Å². The van der Waals surface area contributed by atoms with Crippen LogP contribution in [0.15, 0.2) is 42.9 Å². The van der Waals surface area contributed by atoms with Crippen molar-refractivity contribution in [2.24, 2.45) is 0 Å². The molecule has 3 aromatic rings. The van der Waals surface area contributed by atoms with Crippen LogP contribution >= 0.6 is 0 Å². The Kier molecular flexibility index (Phi) is 3.74. The van der Waals surface area contributed by atoms with E-state index in [1.54, 1.807) is 17.3 Å². The van der Waals surface area contributed by atoms with Gasteiger partial charge in [0.05, 0.1) is 13.2 Å². The van der Waals surface area contributed by atoms with E-state index in [4.69, 9.17) is 4.74 Å². The van der Waals surface area contributed by atoms with Crippen molar-refractivity contribution in [2.45, 2.75) is 6.92 Å². The molecule has 1 fully saturated rings. The zero-order valence-corrected chi connectivity index (χ0v) is 13.5. The third kappa shape index (κ3) is 2.65. The van der Waals surface area contributed by atoms with Crippen LogP contribution in [0.4, 0.5) is 0 Å². The minimum atomic E-state index is -0.0585. The van der Waals surface area contributed by atoms with Crippen molar-refractivity contribution in [1.82, 2.24) is 19.3 Å². The van der Waals surface area contributed by atoms with Crippen LogP contribution in [-0.4, -0.2) is 51.5 Å². The average molecular weight is 322 g/mol. The first-order chi connectivity index (χ1) is 11.7. The van der Waals surface area contributed by atoms with Gasteiger partial charge in [0.1, 0.15) is 11.4 Å². The first kappa shape index (κ1) is 14.8. The number of morpholine rings is 1. The molecule has 0 unspecified atom stereocenters. The largest absolute Gasteiger partial charge is 0.378 e. The first-order valence-electron chi connectivity index (χ1n) is 8.00. The van der Waals surface area contributed by atoms with Gasteiger partial charge >= 0.3 is 0 Å². The molecule has 1 aliphatic rings. The van der Waals surface area contributed by atoms with E-state index in [0.717, 1.165) is 11.3 Å². The quantitative estimate of drug-likeness (QED) is 0.725. The second-order valence-corrected chi connectivity index (χ2v) is 5.90. The van der Waals surface area contributed by atoms with Gasteiger partial charge in [-0.1, -0.05) is 29.8 Å². The smallest absolute Gasteiger partial charge is 0.274 e. The zero-order valence-electron chi connectivity index (χ0n) is 13.5. The Morgan fingerprint density at radius 1 is 1.17 bits per heavy atom. The number of amides is 1. The summed E-state index contributed by atoms with van der Waals surface area (Å²) in [5, 5.41) is 0. The summed E-state index contributed by atoms with van der Waals surface area (Å²) >= 11 is 0. The molecule has 24 heavy (non-hydrogen) atoms. The topological polar surface area (TPSA) is 59.7 Å². The predicted molar refractivity (Wildman–Crippen MR) is 89.9 cm³/mol. The molecular formula is C18H18N4O2. The van der Waals surface area contributed by atoms with Crippen molar-refractivity contribution in [2.75, 3.05) is 26.3 Å². The number of fused-ring (bicyclic) bond motifs is 1. The van der Waals surface area contributed by atoms with Crippen molar-refractivity contribution in [3.05, 3.63) is 54.1 Å². The predicted octanol–water partition coefficient (Wildman–Crippen LogP) is 2.18. The number of nitrogens with zero attached hydrogens (tertiary/aromatic N) is 4. The number of carbonyl (C=O) groups excluding carboxylic acids is 1. The minimum absolute atomic E-state index is 0.0585. The highest BCUT2D eigenvalue weighted by atomic mass is 16.5. The molecule has 1 aliphatic heterocycles. The number of imidazole rings is 1. The van der Waals surface area contributed by atoms with E-state index in [1.807, 2.05) is 41.8 Å². The van der Waals surface area contributed by atoms with Crippen LogP contribution in [0.5, 0.6) is 0 Å². The lowest BCUT2D eigenvalue weighted by Gasteiger charge is -2.25. The van der Waals surface area contributed by atoms with Gasteiger partial charge in [0, 0.05) is 37.2 Å². The van der Waals surface area contributed by atoms with Gasteiger partial charge in [-0.3, -0.25) is 9.78 Å². The highest BCUT2D eigenvalue weighted by Gasteiger charge is 2.22. The second kappa shape index (κ2) is 6.05. The Hall–Kier alpha value is -2.73. The summed E-state index contributed by atoms with van der Waals surface area (Å²) in [6.07, 6.45) is 5.31. The lowest BCUT2D eigenvalue weighted by Crippen LogP contribution is -2.40. The maximum atomic E-state index is 12.6. The van der Waals surface area contributed by atoms with Crippen LogP contribution in [0.3, 0.4) is 0 Å². The van der Waals surface area contributed by atoms with E-state index in [-0.39, 0.29) is 5.91 Å². The number of hydrogen-bond donors (Lipinski definition) is 0. The molecule has 3 heterocycles. The van der Waals surface area contributed by atoms with Crippen LogP contribution in [-0.2, 0) is 4.74 Å². The van der Waals surface area contributed by atoms with Crippen LogP contribution in [0.25, 0.3) is 16.9 Å². The third-order valence-corrected chi connectivity index (χ3v) is 4.22. The molecule has 122 valence electrons. The van der Waals surface area contributed by atoms with Crippen LogP contribution in [0.1, 0.15) is 16.1 Å². The number of aryl methyl sites for hydroxylation is 1. The van der Waals surface area contributed by atoms with E-state index in [0.29, 0.717) is 37.6 Å². The van der Waals surface area contributed by atoms with E-state index >= 15 is 0 Å². The normalized spacial score (nSPS) is 15.0. The molecule has 1 amide bonds. The molecule has 0 atom stereocenters. The van der Waals surface area contributed by atoms with E-state index in [9.17, 15) is 4.79 Å². The Labute approximate surface area is 139 Å². The number of hydrogen-bond acceptors (Lipinski definition) is 4. The van der Waals surface area contributed by atoms with Crippen molar-refractivity contribution in [3.8, 4) is 11.3 Å². The Morgan fingerprint density at radius 2 is 1.92 bits per heavy atom. The van der Waals surface area contributed by atoms with Gasteiger partial charge in [0.2, 0.25) is 0 Å². The van der Waals surface area contributed by atoms with Gasteiger partial charge in [-0.15, -0.1) is 0 Å². The van der Waals surface area contributed by atoms with Crippen LogP contribution < -0.4 is 0 Å². The summed E-state index contributed by atoms with van der Waals surface area (Å²) < 4.78 is 7.16. The molecule has 1 aromatic carbocycles. The van der Waals surface area contributed by atoms with E-state index in [1.165, 1.54) is 5.56 Å². The lowest BCUT2D eigenvalue weighted by atomic mass is 10.1. The molecule has 6 heteroatoms. The summed E-state index contributed by atoms with van der Waals surface area (Å²) in [4.78, 5) is 23.4. The van der Waals surface area contributed by atoms with Crippen molar-refractivity contribution in [1.29, 1.82) is 0 Å². The number of benzene rings is 1. The third-order valence-electron chi connectivity index (χ3n) is 4.22. The number of rotatable bonds is 2. The Morgan fingerprint density at radius 3 is 2.67 bits per heavy atom. The van der Waals surface area contributed by atoms with Gasteiger partial charge in [0.25, 0.3) is 5.91 Å². The van der Waals surface area contributed by atoms with Gasteiger partial charge in [-0.2, -0.15) is 0 Å². The summed E-state index contributed by atoms with van der Waals surface area (Å²) in [5.41, 5.74) is 4.09. The lowest BCUT2D eigenvalue weighted by molar-refractivity contribution is 0.0299. The number of aromatic nitrogens is 3. The SMILES string of the molecule is Cc1ccc(-c2nccn3cc(C(=O)N4CCOCC4)nc23)cc1. The van der Waals surface area contributed by atoms with Gasteiger partial charge in [-0.05, 0) is 6.92 Å². The molecule has 6 nitrogen and oxygen atoms in total. The number of carbonyl (C=O) groups is 1. The molecule has 0 aliphatic carbocycles.